The van der Waals surface area contributed by atoms with Crippen molar-refractivity contribution in [3.63, 3.8) is 0 Å². The largest absolute Gasteiger partial charge is 0.333 e. The Morgan fingerprint density at radius 1 is 1.27 bits per heavy atom. The first kappa shape index (κ1) is 15.1. The highest BCUT2D eigenvalue weighted by Gasteiger charge is 2.08. The molecule has 2 N–H and O–H groups in total. The van der Waals surface area contributed by atoms with Crippen LogP contribution in [-0.4, -0.2) is 21.6 Å². The van der Waals surface area contributed by atoms with Gasteiger partial charge in [-0.1, -0.05) is 27.7 Å². The van der Waals surface area contributed by atoms with Crippen LogP contribution < -0.4 is 5.32 Å². The number of aromatic amines is 1. The summed E-state index contributed by atoms with van der Waals surface area (Å²) >= 11 is 4.72. The fraction of sp³-hybridized carbons (Fsp3) is 0.0667. The van der Waals surface area contributed by atoms with Crippen molar-refractivity contribution in [2.24, 2.45) is 0 Å². The molecule has 2 aromatic carbocycles. The molecule has 1 aromatic heterocycles. The Morgan fingerprint density at radius 2 is 2.05 bits per heavy atom. The normalized spacial score (nSPS) is 10.8. The first-order valence-electron chi connectivity index (χ1n) is 6.44. The third-order valence-corrected chi connectivity index (χ3v) is 4.26. The molecule has 0 radical (unpaired) electrons. The van der Waals surface area contributed by atoms with Crippen LogP contribution in [0.4, 0.5) is 10.1 Å². The molecule has 22 heavy (non-hydrogen) atoms. The van der Waals surface area contributed by atoms with E-state index < -0.39 is 0 Å². The van der Waals surface area contributed by atoms with E-state index in [4.69, 9.17) is 0 Å². The number of benzene rings is 2. The summed E-state index contributed by atoms with van der Waals surface area (Å²) in [5.41, 5.74) is 2.33. The number of imidazole rings is 1. The van der Waals surface area contributed by atoms with E-state index in [0.717, 1.165) is 15.5 Å². The molecular formula is C15H11BrFN3OS. The van der Waals surface area contributed by atoms with Crippen molar-refractivity contribution < 1.29 is 9.18 Å². The highest BCUT2D eigenvalue weighted by molar-refractivity contribution is 9.10. The third-order valence-electron chi connectivity index (χ3n) is 2.89. The Labute approximate surface area is 138 Å². The van der Waals surface area contributed by atoms with E-state index in [1.165, 1.54) is 36.0 Å². The fourth-order valence-corrected chi connectivity index (χ4v) is 2.94. The van der Waals surface area contributed by atoms with Crippen molar-refractivity contribution in [1.29, 1.82) is 0 Å². The molecule has 0 atom stereocenters. The van der Waals surface area contributed by atoms with Gasteiger partial charge in [0, 0.05) is 10.2 Å². The van der Waals surface area contributed by atoms with E-state index in [1.54, 1.807) is 0 Å². The van der Waals surface area contributed by atoms with Crippen LogP contribution in [0.25, 0.3) is 11.0 Å². The van der Waals surface area contributed by atoms with Crippen LogP contribution in [0.3, 0.4) is 0 Å². The van der Waals surface area contributed by atoms with E-state index in [0.29, 0.717) is 10.8 Å². The number of hydrogen-bond donors (Lipinski definition) is 2. The number of anilines is 1. The summed E-state index contributed by atoms with van der Waals surface area (Å²) in [6.07, 6.45) is 0. The number of H-pyrrole nitrogens is 1. The minimum atomic E-state index is -0.333. The van der Waals surface area contributed by atoms with Crippen LogP contribution in [0, 0.1) is 5.82 Å². The highest BCUT2D eigenvalue weighted by atomic mass is 79.9. The number of carbonyl (C=O) groups excluding carboxylic acids is 1. The number of halogens is 2. The zero-order chi connectivity index (χ0) is 15.5. The number of fused-ring (bicyclic) bond motifs is 1. The molecule has 3 rings (SSSR count). The first-order valence-corrected chi connectivity index (χ1v) is 8.21. The van der Waals surface area contributed by atoms with Gasteiger partial charge in [0.1, 0.15) is 5.82 Å². The van der Waals surface area contributed by atoms with Crippen molar-refractivity contribution >= 4 is 50.3 Å². The monoisotopic (exact) mass is 379 g/mol. The molecule has 0 aliphatic carbocycles. The van der Waals surface area contributed by atoms with Gasteiger partial charge in [-0.15, -0.1) is 0 Å². The van der Waals surface area contributed by atoms with Crippen molar-refractivity contribution in [2.75, 3.05) is 11.1 Å². The Morgan fingerprint density at radius 3 is 2.82 bits per heavy atom. The highest BCUT2D eigenvalue weighted by Crippen LogP contribution is 2.22. The maximum absolute atomic E-state index is 12.8. The van der Waals surface area contributed by atoms with Gasteiger partial charge >= 0.3 is 0 Å². The predicted molar refractivity (Wildman–Crippen MR) is 89.5 cm³/mol. The standard InChI is InChI=1S/C15H11BrFN3OS/c16-9-1-6-12-13(7-9)20-15(19-12)22-8-14(21)18-11-4-2-10(17)3-5-11/h1-7H,8H2,(H,18,21)(H,19,20). The molecule has 1 amide bonds. The van der Waals surface area contributed by atoms with Gasteiger partial charge in [-0.3, -0.25) is 4.79 Å². The van der Waals surface area contributed by atoms with E-state index in [-0.39, 0.29) is 17.5 Å². The minimum absolute atomic E-state index is 0.168. The second-order valence-electron chi connectivity index (χ2n) is 4.55. The van der Waals surface area contributed by atoms with E-state index in [1.807, 2.05) is 18.2 Å². The maximum atomic E-state index is 12.8. The Balaban J connectivity index is 1.61. The molecule has 0 fully saturated rings. The summed E-state index contributed by atoms with van der Waals surface area (Å²) < 4.78 is 13.8. The SMILES string of the molecule is O=C(CSc1nc2ccc(Br)cc2[nH]1)Nc1ccc(F)cc1. The molecule has 0 saturated heterocycles. The molecular weight excluding hydrogens is 369 g/mol. The summed E-state index contributed by atoms with van der Waals surface area (Å²) in [6.45, 7) is 0. The molecule has 4 nitrogen and oxygen atoms in total. The number of amides is 1. The molecule has 0 aliphatic heterocycles. The van der Waals surface area contributed by atoms with Gasteiger partial charge in [-0.2, -0.15) is 0 Å². The number of thioether (sulfide) groups is 1. The molecule has 0 aliphatic rings. The van der Waals surface area contributed by atoms with Gasteiger partial charge in [0.25, 0.3) is 0 Å². The number of carbonyl (C=O) groups is 1. The molecule has 112 valence electrons. The number of hydrogen-bond acceptors (Lipinski definition) is 3. The summed E-state index contributed by atoms with van der Waals surface area (Å²) in [5.74, 6) is -0.280. The number of aromatic nitrogens is 2. The van der Waals surface area contributed by atoms with Crippen molar-refractivity contribution in [3.8, 4) is 0 Å². The summed E-state index contributed by atoms with van der Waals surface area (Å²) in [7, 11) is 0. The van der Waals surface area contributed by atoms with Gasteiger partial charge in [0.2, 0.25) is 5.91 Å². The van der Waals surface area contributed by atoms with Crippen molar-refractivity contribution in [1.82, 2.24) is 9.97 Å². The van der Waals surface area contributed by atoms with Crippen LogP contribution in [0.1, 0.15) is 0 Å². The van der Waals surface area contributed by atoms with Crippen LogP contribution in [0.5, 0.6) is 0 Å². The van der Waals surface area contributed by atoms with Crippen LogP contribution in [0.2, 0.25) is 0 Å². The van der Waals surface area contributed by atoms with Gasteiger partial charge in [-0.05, 0) is 42.5 Å². The predicted octanol–water partition coefficient (Wildman–Crippen LogP) is 4.20. The zero-order valence-corrected chi connectivity index (χ0v) is 13.7. The molecule has 7 heteroatoms. The molecule has 0 unspecified atom stereocenters. The Hall–Kier alpha value is -1.86. The lowest BCUT2D eigenvalue weighted by Crippen LogP contribution is -2.14. The van der Waals surface area contributed by atoms with E-state index in [9.17, 15) is 9.18 Å². The van der Waals surface area contributed by atoms with Gasteiger partial charge in [0.15, 0.2) is 5.16 Å². The third kappa shape index (κ3) is 3.66. The topological polar surface area (TPSA) is 57.8 Å². The lowest BCUT2D eigenvalue weighted by molar-refractivity contribution is -0.113. The van der Waals surface area contributed by atoms with Crippen LogP contribution in [0.15, 0.2) is 52.1 Å². The first-order chi connectivity index (χ1) is 10.6. The smallest absolute Gasteiger partial charge is 0.234 e. The van der Waals surface area contributed by atoms with Crippen LogP contribution in [-0.2, 0) is 4.79 Å². The molecule has 3 aromatic rings. The van der Waals surface area contributed by atoms with Crippen molar-refractivity contribution in [2.45, 2.75) is 5.16 Å². The summed E-state index contributed by atoms with van der Waals surface area (Å²) in [4.78, 5) is 19.4. The number of nitrogens with one attached hydrogen (secondary N) is 2. The van der Waals surface area contributed by atoms with Crippen LogP contribution >= 0.6 is 27.7 Å². The fourth-order valence-electron chi connectivity index (χ4n) is 1.89. The van der Waals surface area contributed by atoms with Gasteiger partial charge in [-0.25, -0.2) is 9.37 Å². The molecule has 0 bridgehead atoms. The zero-order valence-electron chi connectivity index (χ0n) is 11.3. The Bertz CT molecular complexity index is 819. The summed E-state index contributed by atoms with van der Waals surface area (Å²) in [5, 5.41) is 3.39. The molecule has 0 saturated carbocycles. The average Bonchev–Trinajstić information content (AvgIpc) is 2.89. The van der Waals surface area contributed by atoms with Gasteiger partial charge in [0.05, 0.1) is 16.8 Å². The number of nitrogens with zero attached hydrogens (tertiary/aromatic N) is 1. The number of rotatable bonds is 4. The lowest BCUT2D eigenvalue weighted by Gasteiger charge is -2.03. The summed E-state index contributed by atoms with van der Waals surface area (Å²) in [6, 6.07) is 11.4. The van der Waals surface area contributed by atoms with Gasteiger partial charge < -0.3 is 10.3 Å². The van der Waals surface area contributed by atoms with E-state index in [2.05, 4.69) is 31.2 Å². The molecule has 0 spiro atoms. The lowest BCUT2D eigenvalue weighted by atomic mass is 10.3. The second kappa shape index (κ2) is 6.50. The molecule has 1 heterocycles. The van der Waals surface area contributed by atoms with Crippen molar-refractivity contribution in [3.05, 3.63) is 52.8 Å². The maximum Gasteiger partial charge on any atom is 0.234 e. The average molecular weight is 380 g/mol. The van der Waals surface area contributed by atoms with E-state index >= 15 is 0 Å². The second-order valence-corrected chi connectivity index (χ2v) is 6.43. The quantitative estimate of drug-likeness (QED) is 0.668. The minimum Gasteiger partial charge on any atom is -0.333 e. The Kier molecular flexibility index (Phi) is 4.44.